The Morgan fingerprint density at radius 3 is 2.81 bits per heavy atom. The van der Waals surface area contributed by atoms with E-state index in [1.165, 1.54) is 24.4 Å². The smallest absolute Gasteiger partial charge is 0.270 e. The number of nitrogens with zero attached hydrogens (tertiary/aromatic N) is 5. The lowest BCUT2D eigenvalue weighted by atomic mass is 10.2. The molecule has 0 aliphatic rings. The molecular formula is C17H22N5O3S-. The maximum atomic E-state index is 11.7. The van der Waals surface area contributed by atoms with Gasteiger partial charge in [-0.15, -0.1) is 10.2 Å². The van der Waals surface area contributed by atoms with Crippen molar-refractivity contribution in [1.82, 2.24) is 14.8 Å². The van der Waals surface area contributed by atoms with Gasteiger partial charge < -0.3 is 9.67 Å². The third-order valence-corrected chi connectivity index (χ3v) is 4.31. The Hall–Kier alpha value is -2.42. The first-order chi connectivity index (χ1) is 12.4. The molecular weight excluding hydrogens is 354 g/mol. The van der Waals surface area contributed by atoms with Crippen molar-refractivity contribution in [2.24, 2.45) is 10.9 Å². The topological polar surface area (TPSA) is 109 Å². The number of nitro groups is 1. The van der Waals surface area contributed by atoms with E-state index in [9.17, 15) is 15.2 Å². The molecule has 1 heterocycles. The molecule has 0 unspecified atom stereocenters. The van der Waals surface area contributed by atoms with E-state index in [0.29, 0.717) is 12.5 Å². The van der Waals surface area contributed by atoms with Crippen molar-refractivity contribution in [3.63, 3.8) is 0 Å². The van der Waals surface area contributed by atoms with E-state index in [4.69, 9.17) is 0 Å². The molecule has 1 aromatic heterocycles. The number of hydrogen-bond acceptors (Lipinski definition) is 7. The fraction of sp³-hybridized carbons (Fsp3) is 0.471. The Bertz CT molecular complexity index is 789. The summed E-state index contributed by atoms with van der Waals surface area (Å²) in [5.74, 6) is 1.15. The van der Waals surface area contributed by atoms with Crippen LogP contribution in [0.2, 0.25) is 0 Å². The van der Waals surface area contributed by atoms with Crippen molar-refractivity contribution in [3.8, 4) is 5.75 Å². The van der Waals surface area contributed by atoms with E-state index in [1.54, 1.807) is 11.8 Å². The minimum Gasteiger partial charge on any atom is -0.872 e. The van der Waals surface area contributed by atoms with Gasteiger partial charge in [-0.25, -0.2) is 0 Å². The van der Waals surface area contributed by atoms with Gasteiger partial charge in [0, 0.05) is 37.9 Å². The number of aromatic nitrogens is 3. The van der Waals surface area contributed by atoms with Crippen molar-refractivity contribution < 1.29 is 10.0 Å². The van der Waals surface area contributed by atoms with Gasteiger partial charge in [0.05, 0.1) is 4.92 Å². The molecule has 1 aromatic carbocycles. The largest absolute Gasteiger partial charge is 0.872 e. The van der Waals surface area contributed by atoms with Crippen LogP contribution in [0.1, 0.15) is 31.7 Å². The summed E-state index contributed by atoms with van der Waals surface area (Å²) in [7, 11) is 0. The Balaban J connectivity index is 1.95. The Morgan fingerprint density at radius 2 is 2.15 bits per heavy atom. The summed E-state index contributed by atoms with van der Waals surface area (Å²) in [6.07, 6.45) is 4.87. The number of thioether (sulfide) groups is 1. The van der Waals surface area contributed by atoms with Gasteiger partial charge in [-0.1, -0.05) is 37.4 Å². The molecule has 0 aliphatic heterocycles. The Morgan fingerprint density at radius 1 is 1.38 bits per heavy atom. The molecule has 2 rings (SSSR count). The average molecular weight is 376 g/mol. The van der Waals surface area contributed by atoms with Gasteiger partial charge >= 0.3 is 0 Å². The molecule has 0 radical (unpaired) electrons. The van der Waals surface area contributed by atoms with Crippen LogP contribution in [0.25, 0.3) is 0 Å². The van der Waals surface area contributed by atoms with Gasteiger partial charge in [0.1, 0.15) is 5.82 Å². The second kappa shape index (κ2) is 9.33. The molecule has 0 saturated heterocycles. The van der Waals surface area contributed by atoms with Crippen molar-refractivity contribution in [3.05, 3.63) is 39.7 Å². The van der Waals surface area contributed by atoms with Crippen LogP contribution < -0.4 is 5.11 Å². The van der Waals surface area contributed by atoms with E-state index in [1.807, 2.05) is 6.26 Å². The average Bonchev–Trinajstić information content (AvgIpc) is 2.97. The second-order valence-electron chi connectivity index (χ2n) is 6.23. The molecule has 0 saturated carbocycles. The fourth-order valence-electron chi connectivity index (χ4n) is 2.45. The SMILES string of the molecule is CSc1nnc(CCCN=Cc2cc([N+](=O)[O-])ccc2[O-])n1CC(C)C. The fourth-order valence-corrected chi connectivity index (χ4v) is 2.97. The van der Waals surface area contributed by atoms with E-state index in [0.717, 1.165) is 30.4 Å². The van der Waals surface area contributed by atoms with E-state index < -0.39 is 4.92 Å². The van der Waals surface area contributed by atoms with Crippen LogP contribution in [0.5, 0.6) is 5.75 Å². The number of hydrogen-bond donors (Lipinski definition) is 0. The normalized spacial score (nSPS) is 11.5. The van der Waals surface area contributed by atoms with E-state index in [2.05, 4.69) is 33.6 Å². The highest BCUT2D eigenvalue weighted by molar-refractivity contribution is 7.98. The summed E-state index contributed by atoms with van der Waals surface area (Å²) >= 11 is 1.57. The van der Waals surface area contributed by atoms with Crippen LogP contribution in [0.4, 0.5) is 5.69 Å². The third-order valence-electron chi connectivity index (χ3n) is 3.65. The summed E-state index contributed by atoms with van der Waals surface area (Å²) in [4.78, 5) is 14.5. The first-order valence-corrected chi connectivity index (χ1v) is 9.56. The van der Waals surface area contributed by atoms with E-state index in [-0.39, 0.29) is 17.0 Å². The maximum Gasteiger partial charge on any atom is 0.270 e. The van der Waals surface area contributed by atoms with E-state index >= 15 is 0 Å². The van der Waals surface area contributed by atoms with Gasteiger partial charge in [-0.2, -0.15) is 0 Å². The summed E-state index contributed by atoms with van der Waals surface area (Å²) in [5, 5.41) is 31.9. The number of non-ortho nitro benzene ring substituents is 1. The second-order valence-corrected chi connectivity index (χ2v) is 7.00. The summed E-state index contributed by atoms with van der Waals surface area (Å²) in [6, 6.07) is 3.64. The van der Waals surface area contributed by atoms with Crippen LogP contribution >= 0.6 is 11.8 Å². The molecule has 140 valence electrons. The molecule has 26 heavy (non-hydrogen) atoms. The predicted octanol–water partition coefficient (Wildman–Crippen LogP) is 2.69. The highest BCUT2D eigenvalue weighted by atomic mass is 32.2. The molecule has 0 N–H and O–H groups in total. The van der Waals surface area contributed by atoms with Gasteiger partial charge in [0.15, 0.2) is 5.16 Å². The van der Waals surface area contributed by atoms with Crippen LogP contribution in [0.3, 0.4) is 0 Å². The lowest BCUT2D eigenvalue weighted by molar-refractivity contribution is -0.385. The standard InChI is InChI=1S/C17H23N5O3S/c1-12(2)11-21-16(19-20-17(21)26-3)5-4-8-18-10-13-9-14(22(24)25)6-7-15(13)23/h6-7,9-10,12,23H,4-5,8,11H2,1-3H3/p-1. The zero-order valence-corrected chi connectivity index (χ0v) is 15.9. The number of nitro benzene ring substituents is 1. The lowest BCUT2D eigenvalue weighted by Crippen LogP contribution is -2.10. The number of aliphatic imine (C=N–C) groups is 1. The van der Waals surface area contributed by atoms with Gasteiger partial charge in [0.2, 0.25) is 0 Å². The van der Waals surface area contributed by atoms with Gasteiger partial charge in [0.25, 0.3) is 5.69 Å². The highest BCUT2D eigenvalue weighted by Gasteiger charge is 2.12. The molecule has 8 nitrogen and oxygen atoms in total. The highest BCUT2D eigenvalue weighted by Crippen LogP contribution is 2.19. The van der Waals surface area contributed by atoms with Crippen molar-refractivity contribution in [1.29, 1.82) is 0 Å². The third kappa shape index (κ3) is 5.29. The molecule has 0 aliphatic carbocycles. The predicted molar refractivity (Wildman–Crippen MR) is 100.0 cm³/mol. The van der Waals surface area contributed by atoms with Crippen LogP contribution in [-0.2, 0) is 13.0 Å². The quantitative estimate of drug-likeness (QED) is 0.219. The van der Waals surface area contributed by atoms with Crippen molar-refractivity contribution >= 4 is 23.7 Å². The molecule has 0 fully saturated rings. The first-order valence-electron chi connectivity index (χ1n) is 8.33. The lowest BCUT2D eigenvalue weighted by Gasteiger charge is -2.11. The summed E-state index contributed by atoms with van der Waals surface area (Å²) < 4.78 is 2.13. The molecule has 9 heteroatoms. The molecule has 0 amide bonds. The zero-order valence-electron chi connectivity index (χ0n) is 15.1. The molecule has 0 spiro atoms. The van der Waals surface area contributed by atoms with Crippen LogP contribution in [0.15, 0.2) is 28.3 Å². The van der Waals surface area contributed by atoms with Crippen molar-refractivity contribution in [2.45, 2.75) is 38.4 Å². The van der Waals surface area contributed by atoms with Gasteiger partial charge in [-0.05, 0) is 24.2 Å². The Labute approximate surface area is 156 Å². The monoisotopic (exact) mass is 376 g/mol. The van der Waals surface area contributed by atoms with Crippen LogP contribution in [-0.4, -0.2) is 38.7 Å². The number of rotatable bonds is 9. The zero-order chi connectivity index (χ0) is 19.1. The molecule has 0 atom stereocenters. The Kier molecular flexibility index (Phi) is 7.14. The molecule has 0 bridgehead atoms. The van der Waals surface area contributed by atoms with Crippen LogP contribution in [0, 0.1) is 16.0 Å². The van der Waals surface area contributed by atoms with Gasteiger partial charge in [-0.3, -0.25) is 15.1 Å². The number of aryl methyl sites for hydroxylation is 1. The number of benzene rings is 1. The summed E-state index contributed by atoms with van der Waals surface area (Å²) in [6.45, 7) is 5.68. The molecule has 2 aromatic rings. The first kappa shape index (κ1) is 19.9. The summed E-state index contributed by atoms with van der Waals surface area (Å²) in [5.41, 5.74) is 0.115. The minimum absolute atomic E-state index is 0.113. The minimum atomic E-state index is -0.526. The van der Waals surface area contributed by atoms with Crippen molar-refractivity contribution in [2.75, 3.05) is 12.8 Å². The maximum absolute atomic E-state index is 11.7.